The first-order valence-electron chi connectivity index (χ1n) is 8.40. The van der Waals surface area contributed by atoms with Crippen molar-refractivity contribution in [1.29, 1.82) is 0 Å². The Kier molecular flexibility index (Phi) is 4.57. The van der Waals surface area contributed by atoms with E-state index in [0.29, 0.717) is 18.9 Å². The normalized spacial score (nSPS) is 17.6. The molecule has 0 radical (unpaired) electrons. The quantitative estimate of drug-likeness (QED) is 0.856. The highest BCUT2D eigenvalue weighted by atomic mass is 16.2. The number of hydrogen-bond acceptors (Lipinski definition) is 4. The van der Waals surface area contributed by atoms with Crippen LogP contribution >= 0.6 is 0 Å². The lowest BCUT2D eigenvalue weighted by molar-refractivity contribution is 0.0631. The fourth-order valence-corrected chi connectivity index (χ4v) is 3.22. The Morgan fingerprint density at radius 3 is 2.76 bits per heavy atom. The molecule has 0 aliphatic carbocycles. The van der Waals surface area contributed by atoms with Crippen molar-refractivity contribution in [3.05, 3.63) is 51.5 Å². The van der Waals surface area contributed by atoms with Gasteiger partial charge in [0.25, 0.3) is 11.5 Å². The van der Waals surface area contributed by atoms with E-state index < -0.39 is 0 Å². The summed E-state index contributed by atoms with van der Waals surface area (Å²) in [6, 6.07) is 1.63. The van der Waals surface area contributed by atoms with Gasteiger partial charge in [-0.05, 0) is 38.3 Å². The van der Waals surface area contributed by atoms with Crippen molar-refractivity contribution in [3.8, 4) is 0 Å². The summed E-state index contributed by atoms with van der Waals surface area (Å²) in [5, 5.41) is 0. The fraction of sp³-hybridized carbons (Fsp3) is 0.444. The van der Waals surface area contributed by atoms with Crippen LogP contribution < -0.4 is 5.56 Å². The Morgan fingerprint density at radius 1 is 1.32 bits per heavy atom. The highest BCUT2D eigenvalue weighted by Gasteiger charge is 2.31. The van der Waals surface area contributed by atoms with Crippen LogP contribution in [0.5, 0.6) is 0 Å². The number of pyridine rings is 1. The lowest BCUT2D eigenvalue weighted by atomic mass is 9.92. The predicted octanol–water partition coefficient (Wildman–Crippen LogP) is 1.46. The van der Waals surface area contributed by atoms with E-state index in [1.165, 1.54) is 0 Å². The molecule has 1 fully saturated rings. The lowest BCUT2D eigenvalue weighted by Crippen LogP contribution is -2.44. The van der Waals surface area contributed by atoms with E-state index in [-0.39, 0.29) is 28.7 Å². The van der Waals surface area contributed by atoms with E-state index in [1.54, 1.807) is 41.9 Å². The summed E-state index contributed by atoms with van der Waals surface area (Å²) in [7, 11) is 1.78. The first-order valence-corrected chi connectivity index (χ1v) is 8.40. The van der Waals surface area contributed by atoms with Crippen LogP contribution in [-0.2, 0) is 7.05 Å². The van der Waals surface area contributed by atoms with E-state index in [4.69, 9.17) is 0 Å². The van der Waals surface area contributed by atoms with E-state index in [0.717, 1.165) is 24.1 Å². The molecular formula is C18H22N4O3. The van der Waals surface area contributed by atoms with Crippen molar-refractivity contribution < 1.29 is 9.59 Å². The highest BCUT2D eigenvalue weighted by molar-refractivity contribution is 5.97. The van der Waals surface area contributed by atoms with Crippen molar-refractivity contribution in [3.63, 3.8) is 0 Å². The van der Waals surface area contributed by atoms with Crippen molar-refractivity contribution in [1.82, 2.24) is 19.4 Å². The third kappa shape index (κ3) is 3.26. The Labute approximate surface area is 145 Å². The number of likely N-dealkylation sites (tertiary alicyclic amines) is 1. The molecule has 7 heteroatoms. The monoisotopic (exact) mass is 342 g/mol. The van der Waals surface area contributed by atoms with Gasteiger partial charge in [0, 0.05) is 44.1 Å². The van der Waals surface area contributed by atoms with E-state index in [2.05, 4.69) is 9.97 Å². The van der Waals surface area contributed by atoms with E-state index >= 15 is 0 Å². The Balaban J connectivity index is 1.81. The average molecular weight is 342 g/mol. The molecule has 0 aromatic carbocycles. The highest BCUT2D eigenvalue weighted by Crippen LogP contribution is 2.21. The van der Waals surface area contributed by atoms with Crippen LogP contribution in [0, 0.1) is 19.8 Å². The van der Waals surface area contributed by atoms with Gasteiger partial charge < -0.3 is 14.5 Å². The molecule has 2 aromatic rings. The van der Waals surface area contributed by atoms with Crippen LogP contribution in [0.25, 0.3) is 0 Å². The molecule has 1 atom stereocenters. The van der Waals surface area contributed by atoms with Crippen LogP contribution in [0.2, 0.25) is 0 Å². The third-order valence-corrected chi connectivity index (χ3v) is 4.85. The summed E-state index contributed by atoms with van der Waals surface area (Å²) < 4.78 is 1.69. The summed E-state index contributed by atoms with van der Waals surface area (Å²) in [6.07, 6.45) is 4.77. The van der Waals surface area contributed by atoms with Crippen LogP contribution in [-0.4, -0.2) is 44.2 Å². The number of imidazole rings is 1. The zero-order chi connectivity index (χ0) is 18.1. The summed E-state index contributed by atoms with van der Waals surface area (Å²) in [5.74, 6) is -0.256. The zero-order valence-electron chi connectivity index (χ0n) is 14.7. The van der Waals surface area contributed by atoms with E-state index in [9.17, 15) is 14.4 Å². The number of aromatic nitrogens is 3. The first-order chi connectivity index (χ1) is 11.9. The number of aryl methyl sites for hydroxylation is 3. The average Bonchev–Trinajstić information content (AvgIpc) is 3.03. The first kappa shape index (κ1) is 17.1. The van der Waals surface area contributed by atoms with Gasteiger partial charge in [-0.2, -0.15) is 0 Å². The number of H-pyrrole nitrogens is 1. The molecule has 132 valence electrons. The number of carbonyl (C=O) groups is 2. The van der Waals surface area contributed by atoms with Gasteiger partial charge in [-0.15, -0.1) is 0 Å². The van der Waals surface area contributed by atoms with Gasteiger partial charge in [0.05, 0.1) is 0 Å². The van der Waals surface area contributed by atoms with Gasteiger partial charge in [0.15, 0.2) is 5.82 Å². The van der Waals surface area contributed by atoms with Gasteiger partial charge >= 0.3 is 0 Å². The summed E-state index contributed by atoms with van der Waals surface area (Å²) in [6.45, 7) is 4.52. The minimum atomic E-state index is -0.384. The maximum absolute atomic E-state index is 12.8. The number of rotatable bonds is 3. The lowest BCUT2D eigenvalue weighted by Gasteiger charge is -2.31. The van der Waals surface area contributed by atoms with Crippen molar-refractivity contribution in [2.24, 2.45) is 13.0 Å². The topological polar surface area (TPSA) is 88.1 Å². The maximum atomic E-state index is 12.8. The van der Waals surface area contributed by atoms with Gasteiger partial charge in [0.1, 0.15) is 5.56 Å². The number of piperidine rings is 1. The predicted molar refractivity (Wildman–Crippen MR) is 92.7 cm³/mol. The Morgan fingerprint density at radius 2 is 2.08 bits per heavy atom. The largest absolute Gasteiger partial charge is 0.338 e. The minimum absolute atomic E-state index is 0.0565. The molecule has 0 saturated carbocycles. The molecule has 1 saturated heterocycles. The fourth-order valence-electron chi connectivity index (χ4n) is 3.22. The molecule has 3 rings (SSSR count). The second kappa shape index (κ2) is 6.66. The standard InChI is InChI=1S/C18H22N4O3/c1-11-9-14(17(24)20-12(11)2)18(25)22-7-4-5-13(10-22)15(23)16-19-6-8-21(16)3/h6,8-9,13H,4-5,7,10H2,1-3H3,(H,20,24)/t13-/m0/s1. The summed E-state index contributed by atoms with van der Waals surface area (Å²) in [4.78, 5) is 46.0. The van der Waals surface area contributed by atoms with Crippen molar-refractivity contribution in [2.75, 3.05) is 13.1 Å². The number of carbonyl (C=O) groups excluding carboxylic acids is 2. The van der Waals surface area contributed by atoms with Crippen LogP contribution in [0.15, 0.2) is 23.3 Å². The number of Topliss-reactive ketones (excluding diaryl/α,β-unsaturated/α-hetero) is 1. The molecule has 1 aliphatic rings. The molecule has 7 nitrogen and oxygen atoms in total. The second-order valence-corrected chi connectivity index (χ2v) is 6.64. The number of amides is 1. The SMILES string of the molecule is Cc1cc(C(=O)N2CCC[C@H](C(=O)c3nccn3C)C2)c(=O)[nH]c1C. The van der Waals surface area contributed by atoms with Crippen LogP contribution in [0.3, 0.4) is 0 Å². The number of nitrogens with one attached hydrogen (secondary N) is 1. The smallest absolute Gasteiger partial charge is 0.261 e. The van der Waals surface area contributed by atoms with E-state index in [1.807, 2.05) is 6.92 Å². The zero-order valence-corrected chi connectivity index (χ0v) is 14.7. The maximum Gasteiger partial charge on any atom is 0.261 e. The number of aromatic amines is 1. The molecule has 1 amide bonds. The third-order valence-electron chi connectivity index (χ3n) is 4.85. The van der Waals surface area contributed by atoms with Gasteiger partial charge in [-0.25, -0.2) is 4.98 Å². The van der Waals surface area contributed by atoms with Gasteiger partial charge in [-0.3, -0.25) is 14.4 Å². The van der Waals surface area contributed by atoms with Gasteiger partial charge in [-0.1, -0.05) is 0 Å². The molecule has 0 unspecified atom stereocenters. The Hall–Kier alpha value is -2.70. The molecule has 0 bridgehead atoms. The number of hydrogen-bond donors (Lipinski definition) is 1. The molecule has 1 aliphatic heterocycles. The molecule has 0 spiro atoms. The molecular weight excluding hydrogens is 320 g/mol. The van der Waals surface area contributed by atoms with Crippen molar-refractivity contribution >= 4 is 11.7 Å². The number of nitrogens with zero attached hydrogens (tertiary/aromatic N) is 3. The van der Waals surface area contributed by atoms with Crippen LogP contribution in [0.4, 0.5) is 0 Å². The number of ketones is 1. The second-order valence-electron chi connectivity index (χ2n) is 6.64. The Bertz CT molecular complexity index is 881. The van der Waals surface area contributed by atoms with Gasteiger partial charge in [0.2, 0.25) is 5.78 Å². The molecule has 25 heavy (non-hydrogen) atoms. The summed E-state index contributed by atoms with van der Waals surface area (Å²) in [5.41, 5.74) is 1.36. The molecule has 1 N–H and O–H groups in total. The molecule has 3 heterocycles. The summed E-state index contributed by atoms with van der Waals surface area (Å²) >= 11 is 0. The minimum Gasteiger partial charge on any atom is -0.338 e. The van der Waals surface area contributed by atoms with Crippen molar-refractivity contribution in [2.45, 2.75) is 26.7 Å². The van der Waals surface area contributed by atoms with Crippen LogP contribution in [0.1, 0.15) is 45.1 Å². The molecule has 2 aromatic heterocycles.